The lowest BCUT2D eigenvalue weighted by molar-refractivity contribution is -0.139. The number of carbonyl (C=O) groups excluding carboxylic acids is 2. The number of aryl methyl sites for hydroxylation is 1. The van der Waals surface area contributed by atoms with Crippen molar-refractivity contribution in [3.63, 3.8) is 0 Å². The number of anilines is 1. The van der Waals surface area contributed by atoms with Gasteiger partial charge in [-0.2, -0.15) is 0 Å². The number of hydrogen-bond acceptors (Lipinski definition) is 6. The molecule has 0 aliphatic rings. The Hall–Kier alpha value is -3.50. The number of benzene rings is 3. The first-order chi connectivity index (χ1) is 19.5. The highest BCUT2D eigenvalue weighted by molar-refractivity contribution is 7.98. The van der Waals surface area contributed by atoms with Gasteiger partial charge in [0.25, 0.3) is 10.0 Å². The number of methoxy groups -OCH3 is 1. The van der Waals surface area contributed by atoms with Crippen molar-refractivity contribution in [2.45, 2.75) is 62.5 Å². The summed E-state index contributed by atoms with van der Waals surface area (Å²) in [4.78, 5) is 29.6. The van der Waals surface area contributed by atoms with Gasteiger partial charge in [0, 0.05) is 17.5 Å². The second-order valence-corrected chi connectivity index (χ2v) is 12.6. The van der Waals surface area contributed by atoms with Gasteiger partial charge in [-0.05, 0) is 87.5 Å². The molecule has 0 saturated carbocycles. The predicted octanol–water partition coefficient (Wildman–Crippen LogP) is 5.25. The first kappa shape index (κ1) is 32.0. The van der Waals surface area contributed by atoms with E-state index in [9.17, 15) is 18.0 Å². The fourth-order valence-corrected chi connectivity index (χ4v) is 5.95. The second-order valence-electron chi connectivity index (χ2n) is 9.89. The van der Waals surface area contributed by atoms with Crippen LogP contribution >= 0.6 is 11.8 Å². The highest BCUT2D eigenvalue weighted by Crippen LogP contribution is 2.27. The third kappa shape index (κ3) is 8.27. The number of thioether (sulfide) groups is 1. The van der Waals surface area contributed by atoms with Crippen molar-refractivity contribution in [1.29, 1.82) is 0 Å². The maximum atomic E-state index is 14.0. The molecule has 0 radical (unpaired) electrons. The Morgan fingerprint density at radius 3 is 2.24 bits per heavy atom. The zero-order valence-electron chi connectivity index (χ0n) is 24.5. The number of ether oxygens (including phenoxy) is 1. The Balaban J connectivity index is 2.03. The van der Waals surface area contributed by atoms with E-state index < -0.39 is 28.5 Å². The molecule has 0 aliphatic carbocycles. The van der Waals surface area contributed by atoms with E-state index in [1.54, 1.807) is 74.7 Å². The first-order valence-corrected chi connectivity index (χ1v) is 16.1. The number of nitrogens with one attached hydrogen (secondary N) is 1. The van der Waals surface area contributed by atoms with Gasteiger partial charge < -0.3 is 15.0 Å². The van der Waals surface area contributed by atoms with E-state index in [1.165, 1.54) is 16.7 Å². The van der Waals surface area contributed by atoms with Crippen LogP contribution in [0.5, 0.6) is 5.75 Å². The van der Waals surface area contributed by atoms with Gasteiger partial charge in [0.05, 0.1) is 17.7 Å². The molecule has 2 unspecified atom stereocenters. The number of sulfonamides is 1. The van der Waals surface area contributed by atoms with Crippen LogP contribution in [-0.4, -0.2) is 57.1 Å². The number of rotatable bonds is 13. The topological polar surface area (TPSA) is 96.0 Å². The van der Waals surface area contributed by atoms with Crippen molar-refractivity contribution < 1.29 is 22.7 Å². The molecule has 0 bridgehead atoms. The molecule has 1 N–H and O–H groups in total. The zero-order chi connectivity index (χ0) is 30.2. The molecule has 0 fully saturated rings. The smallest absolute Gasteiger partial charge is 0.264 e. The van der Waals surface area contributed by atoms with Gasteiger partial charge >= 0.3 is 0 Å². The Labute approximate surface area is 248 Å². The van der Waals surface area contributed by atoms with Crippen LogP contribution in [0.3, 0.4) is 0 Å². The molecule has 2 amide bonds. The largest absolute Gasteiger partial charge is 0.497 e. The first-order valence-electron chi connectivity index (χ1n) is 13.5. The normalized spacial score (nSPS) is 12.7. The maximum absolute atomic E-state index is 14.0. The number of carbonyl (C=O) groups is 2. The molecular formula is C31H39N3O5S2. The Kier molecular flexibility index (Phi) is 11.3. The second kappa shape index (κ2) is 14.4. The van der Waals surface area contributed by atoms with Crippen molar-refractivity contribution in [2.24, 2.45) is 0 Å². The van der Waals surface area contributed by atoms with E-state index >= 15 is 0 Å². The minimum Gasteiger partial charge on any atom is -0.497 e. The van der Waals surface area contributed by atoms with Gasteiger partial charge in [-0.3, -0.25) is 13.9 Å². The summed E-state index contributed by atoms with van der Waals surface area (Å²) < 4.78 is 34.4. The zero-order valence-corrected chi connectivity index (χ0v) is 26.1. The summed E-state index contributed by atoms with van der Waals surface area (Å²) in [7, 11) is -2.56. The van der Waals surface area contributed by atoms with Crippen molar-refractivity contribution in [3.8, 4) is 5.75 Å². The lowest BCUT2D eigenvalue weighted by Gasteiger charge is -2.32. The highest BCUT2D eigenvalue weighted by atomic mass is 32.2. The number of amides is 2. The maximum Gasteiger partial charge on any atom is 0.264 e. The molecular weight excluding hydrogens is 558 g/mol. The quantitative estimate of drug-likeness (QED) is 0.270. The molecule has 41 heavy (non-hydrogen) atoms. The van der Waals surface area contributed by atoms with Crippen LogP contribution in [0.4, 0.5) is 5.69 Å². The molecule has 0 heterocycles. The van der Waals surface area contributed by atoms with Gasteiger partial charge in [0.2, 0.25) is 11.8 Å². The fourth-order valence-electron chi connectivity index (χ4n) is 4.13. The molecule has 8 nitrogen and oxygen atoms in total. The van der Waals surface area contributed by atoms with Crippen LogP contribution in [0.25, 0.3) is 0 Å². The standard InChI is InChI=1S/C31H39N3O5S2/c1-7-23(3)32-31(36)24(4)33(20-25-9-8-10-27(19-25)39-5)30(35)21-34(26-13-11-22(2)12-14-26)41(37,38)29-17-15-28(40-6)16-18-29/h8-19,23-24H,7,20-21H2,1-6H3,(H,32,36). The molecule has 0 aromatic heterocycles. The molecule has 3 rings (SSSR count). The van der Waals surface area contributed by atoms with E-state index in [2.05, 4.69) is 5.32 Å². The summed E-state index contributed by atoms with van der Waals surface area (Å²) in [6.45, 7) is 7.03. The third-order valence-electron chi connectivity index (χ3n) is 6.90. The minimum absolute atomic E-state index is 0.0746. The summed E-state index contributed by atoms with van der Waals surface area (Å²) in [6.07, 6.45) is 2.65. The van der Waals surface area contributed by atoms with Gasteiger partial charge in [-0.1, -0.05) is 36.8 Å². The van der Waals surface area contributed by atoms with E-state index in [0.29, 0.717) is 11.4 Å². The molecule has 3 aromatic carbocycles. The van der Waals surface area contributed by atoms with Crippen LogP contribution < -0.4 is 14.4 Å². The van der Waals surface area contributed by atoms with Gasteiger partial charge in [-0.25, -0.2) is 8.42 Å². The molecule has 220 valence electrons. The minimum atomic E-state index is -4.12. The summed E-state index contributed by atoms with van der Waals surface area (Å²) in [5, 5.41) is 2.94. The summed E-state index contributed by atoms with van der Waals surface area (Å²) in [5.41, 5.74) is 2.06. The van der Waals surface area contributed by atoms with Crippen molar-refractivity contribution in [1.82, 2.24) is 10.2 Å². The Bertz CT molecular complexity index is 1430. The fraction of sp³-hybridized carbons (Fsp3) is 0.355. The van der Waals surface area contributed by atoms with Crippen LogP contribution in [0.2, 0.25) is 0 Å². The molecule has 0 spiro atoms. The molecule has 0 aliphatic heterocycles. The Morgan fingerprint density at radius 2 is 1.66 bits per heavy atom. The van der Waals surface area contributed by atoms with Gasteiger partial charge in [-0.15, -0.1) is 11.8 Å². The Morgan fingerprint density at radius 1 is 1.00 bits per heavy atom. The number of nitrogens with zero attached hydrogens (tertiary/aromatic N) is 2. The highest BCUT2D eigenvalue weighted by Gasteiger charge is 2.32. The lowest BCUT2D eigenvalue weighted by atomic mass is 10.1. The van der Waals surface area contributed by atoms with Crippen molar-refractivity contribution in [3.05, 3.63) is 83.9 Å². The average Bonchev–Trinajstić information content (AvgIpc) is 2.98. The third-order valence-corrected chi connectivity index (χ3v) is 9.44. The van der Waals surface area contributed by atoms with E-state index in [4.69, 9.17) is 4.74 Å². The molecule has 2 atom stereocenters. The van der Waals surface area contributed by atoms with E-state index in [1.807, 2.05) is 39.2 Å². The number of hydrogen-bond donors (Lipinski definition) is 1. The predicted molar refractivity (Wildman–Crippen MR) is 165 cm³/mol. The van der Waals surface area contributed by atoms with Gasteiger partial charge in [0.15, 0.2) is 0 Å². The van der Waals surface area contributed by atoms with E-state index in [0.717, 1.165) is 26.7 Å². The molecule has 0 saturated heterocycles. The average molecular weight is 598 g/mol. The summed E-state index contributed by atoms with van der Waals surface area (Å²) in [5.74, 6) is -0.207. The summed E-state index contributed by atoms with van der Waals surface area (Å²) >= 11 is 1.51. The van der Waals surface area contributed by atoms with E-state index in [-0.39, 0.29) is 23.4 Å². The lowest BCUT2D eigenvalue weighted by Crippen LogP contribution is -2.52. The van der Waals surface area contributed by atoms with Crippen LogP contribution in [0, 0.1) is 6.92 Å². The van der Waals surface area contributed by atoms with Crippen LogP contribution in [-0.2, 0) is 26.2 Å². The molecule has 3 aromatic rings. The summed E-state index contributed by atoms with van der Waals surface area (Å²) in [6, 6.07) is 19.8. The van der Waals surface area contributed by atoms with Crippen molar-refractivity contribution >= 4 is 39.3 Å². The van der Waals surface area contributed by atoms with Crippen LogP contribution in [0.1, 0.15) is 38.3 Å². The molecule has 10 heteroatoms. The van der Waals surface area contributed by atoms with Gasteiger partial charge in [0.1, 0.15) is 18.3 Å². The SMILES string of the molecule is CCC(C)NC(=O)C(C)N(Cc1cccc(OC)c1)C(=O)CN(c1ccc(C)cc1)S(=O)(=O)c1ccc(SC)cc1. The van der Waals surface area contributed by atoms with Crippen molar-refractivity contribution in [2.75, 3.05) is 24.2 Å². The van der Waals surface area contributed by atoms with Crippen LogP contribution in [0.15, 0.2) is 82.6 Å². The monoisotopic (exact) mass is 597 g/mol.